The van der Waals surface area contributed by atoms with Gasteiger partial charge in [-0.3, -0.25) is 9.78 Å². The molecule has 1 saturated heterocycles. The van der Waals surface area contributed by atoms with Gasteiger partial charge in [0.2, 0.25) is 11.9 Å². The Labute approximate surface area is 169 Å². The first-order valence-electron chi connectivity index (χ1n) is 9.71. The molecule has 3 heterocycles. The van der Waals surface area contributed by atoms with Crippen LogP contribution in [0.1, 0.15) is 11.3 Å². The third-order valence-corrected chi connectivity index (χ3v) is 5.17. The lowest BCUT2D eigenvalue weighted by atomic mass is 10.1. The molecule has 0 amide bonds. The number of anilines is 3. The molecule has 8 heteroatoms. The number of nitrogens with one attached hydrogen (secondary N) is 2. The molecule has 0 saturated carbocycles. The first-order valence-corrected chi connectivity index (χ1v) is 9.71. The molecule has 2 N–H and O–H groups in total. The van der Waals surface area contributed by atoms with Crippen LogP contribution in [-0.2, 0) is 0 Å². The molecule has 8 nitrogen and oxygen atoms in total. The summed E-state index contributed by atoms with van der Waals surface area (Å²) in [5.74, 6) is 1.12. The molecule has 0 unspecified atom stereocenters. The second kappa shape index (κ2) is 8.00. The predicted octanol–water partition coefficient (Wildman–Crippen LogP) is 2.34. The number of aromatic nitrogens is 4. The highest BCUT2D eigenvalue weighted by molar-refractivity contribution is 5.64. The molecule has 4 rings (SSSR count). The van der Waals surface area contributed by atoms with Crippen LogP contribution in [0.2, 0.25) is 0 Å². The first kappa shape index (κ1) is 19.1. The van der Waals surface area contributed by atoms with Crippen LogP contribution in [0.5, 0.6) is 0 Å². The van der Waals surface area contributed by atoms with E-state index in [4.69, 9.17) is 0 Å². The van der Waals surface area contributed by atoms with Crippen LogP contribution in [0.25, 0.3) is 11.3 Å². The Balaban J connectivity index is 1.62. The van der Waals surface area contributed by atoms with Crippen molar-refractivity contribution >= 4 is 17.6 Å². The summed E-state index contributed by atoms with van der Waals surface area (Å²) in [5, 5.41) is 3.19. The number of nitrogens with zero attached hydrogens (tertiary/aromatic N) is 5. The summed E-state index contributed by atoms with van der Waals surface area (Å²) in [4.78, 5) is 33.3. The molecule has 0 bridgehead atoms. The monoisotopic (exact) mass is 391 g/mol. The van der Waals surface area contributed by atoms with Gasteiger partial charge in [0.1, 0.15) is 0 Å². The van der Waals surface area contributed by atoms with E-state index in [0.717, 1.165) is 54.6 Å². The van der Waals surface area contributed by atoms with Gasteiger partial charge in [-0.1, -0.05) is 18.2 Å². The van der Waals surface area contributed by atoms with Crippen molar-refractivity contribution in [2.45, 2.75) is 13.8 Å². The van der Waals surface area contributed by atoms with Gasteiger partial charge < -0.3 is 15.1 Å². The van der Waals surface area contributed by atoms with E-state index in [1.54, 1.807) is 6.20 Å². The van der Waals surface area contributed by atoms with E-state index >= 15 is 0 Å². The summed E-state index contributed by atoms with van der Waals surface area (Å²) in [7, 11) is 2.12. The number of likely N-dealkylation sites (N-methyl/N-ethyl adjacent to an activating group) is 1. The van der Waals surface area contributed by atoms with E-state index in [1.165, 1.54) is 6.07 Å². The van der Waals surface area contributed by atoms with E-state index < -0.39 is 0 Å². The molecule has 3 aromatic rings. The largest absolute Gasteiger partial charge is 0.338 e. The lowest BCUT2D eigenvalue weighted by Crippen LogP contribution is -2.45. The lowest BCUT2D eigenvalue weighted by molar-refractivity contribution is 0.311. The first-order chi connectivity index (χ1) is 14.0. The molecule has 29 heavy (non-hydrogen) atoms. The average molecular weight is 391 g/mol. The van der Waals surface area contributed by atoms with Crippen molar-refractivity contribution in [2.75, 3.05) is 43.4 Å². The Bertz CT molecular complexity index is 1070. The minimum absolute atomic E-state index is 0.228. The van der Waals surface area contributed by atoms with Crippen LogP contribution in [0, 0.1) is 13.8 Å². The van der Waals surface area contributed by atoms with Crippen LogP contribution < -0.4 is 15.8 Å². The summed E-state index contributed by atoms with van der Waals surface area (Å²) in [6, 6.07) is 9.33. The van der Waals surface area contributed by atoms with E-state index in [1.807, 2.05) is 38.1 Å². The Morgan fingerprint density at radius 2 is 1.83 bits per heavy atom. The predicted molar refractivity (Wildman–Crippen MR) is 115 cm³/mol. The maximum atomic E-state index is 12.2. The van der Waals surface area contributed by atoms with E-state index in [9.17, 15) is 4.79 Å². The third-order valence-electron chi connectivity index (χ3n) is 5.17. The molecule has 1 aliphatic heterocycles. The fraction of sp³-hybridized carbons (Fsp3) is 0.333. The number of aryl methyl sites for hydroxylation is 2. The fourth-order valence-electron chi connectivity index (χ4n) is 3.36. The van der Waals surface area contributed by atoms with Gasteiger partial charge >= 0.3 is 0 Å². The second-order valence-electron chi connectivity index (χ2n) is 7.38. The number of aromatic amines is 1. The van der Waals surface area contributed by atoms with Gasteiger partial charge in [0, 0.05) is 49.7 Å². The summed E-state index contributed by atoms with van der Waals surface area (Å²) in [6.45, 7) is 7.72. The second-order valence-corrected chi connectivity index (χ2v) is 7.38. The number of hydrogen-bond donors (Lipinski definition) is 2. The number of para-hydroxylation sites is 1. The van der Waals surface area contributed by atoms with Crippen LogP contribution in [0.15, 0.2) is 41.3 Å². The van der Waals surface area contributed by atoms with Gasteiger partial charge in [-0.2, -0.15) is 0 Å². The molecular weight excluding hydrogens is 366 g/mol. The van der Waals surface area contributed by atoms with Crippen LogP contribution in [-0.4, -0.2) is 58.1 Å². The third kappa shape index (κ3) is 4.27. The molecule has 2 aromatic heterocycles. The van der Waals surface area contributed by atoms with Gasteiger partial charge in [0.15, 0.2) is 0 Å². The minimum Gasteiger partial charge on any atom is -0.338 e. The zero-order valence-corrected chi connectivity index (χ0v) is 16.9. The van der Waals surface area contributed by atoms with Gasteiger partial charge in [-0.25, -0.2) is 15.0 Å². The summed E-state index contributed by atoms with van der Waals surface area (Å²) < 4.78 is 0. The lowest BCUT2D eigenvalue weighted by Gasteiger charge is -2.32. The molecule has 0 aliphatic carbocycles. The molecule has 0 atom stereocenters. The minimum atomic E-state index is -0.228. The molecule has 0 radical (unpaired) electrons. The molecule has 1 aliphatic rings. The van der Waals surface area contributed by atoms with Gasteiger partial charge in [-0.15, -0.1) is 0 Å². The molecular formula is C21H25N7O. The average Bonchev–Trinajstić information content (AvgIpc) is 2.70. The SMILES string of the molecule is Cc1ccccc1Nc1nc(-c2cnc(N3CCN(C)CC3)nc2C)cc(=O)[nH]1. The van der Waals surface area contributed by atoms with Crippen molar-refractivity contribution in [1.82, 2.24) is 24.8 Å². The fourth-order valence-corrected chi connectivity index (χ4v) is 3.36. The zero-order chi connectivity index (χ0) is 20.4. The highest BCUT2D eigenvalue weighted by atomic mass is 16.1. The quantitative estimate of drug-likeness (QED) is 0.705. The number of benzene rings is 1. The molecule has 1 fully saturated rings. The molecule has 0 spiro atoms. The molecule has 150 valence electrons. The smallest absolute Gasteiger partial charge is 0.252 e. The van der Waals surface area contributed by atoms with Crippen LogP contribution >= 0.6 is 0 Å². The summed E-state index contributed by atoms with van der Waals surface area (Å²) >= 11 is 0. The Hall–Kier alpha value is -3.26. The molecule has 1 aromatic carbocycles. The van der Waals surface area contributed by atoms with Crippen LogP contribution in [0.4, 0.5) is 17.6 Å². The maximum absolute atomic E-state index is 12.2. The van der Waals surface area contributed by atoms with Crippen molar-refractivity contribution in [1.29, 1.82) is 0 Å². The van der Waals surface area contributed by atoms with Crippen molar-refractivity contribution in [3.05, 3.63) is 58.1 Å². The van der Waals surface area contributed by atoms with Crippen molar-refractivity contribution in [3.63, 3.8) is 0 Å². The highest BCUT2D eigenvalue weighted by Crippen LogP contribution is 2.23. The number of piperazine rings is 1. The van der Waals surface area contributed by atoms with Crippen molar-refractivity contribution in [3.8, 4) is 11.3 Å². The Morgan fingerprint density at radius 1 is 1.07 bits per heavy atom. The van der Waals surface area contributed by atoms with Gasteiger partial charge in [0.25, 0.3) is 5.56 Å². The normalized spacial score (nSPS) is 14.8. The Morgan fingerprint density at radius 3 is 2.55 bits per heavy atom. The summed E-state index contributed by atoms with van der Waals surface area (Å²) in [6.07, 6.45) is 1.76. The van der Waals surface area contributed by atoms with E-state index in [0.29, 0.717) is 11.6 Å². The van der Waals surface area contributed by atoms with Crippen molar-refractivity contribution < 1.29 is 0 Å². The zero-order valence-electron chi connectivity index (χ0n) is 16.9. The number of hydrogen-bond acceptors (Lipinski definition) is 7. The maximum Gasteiger partial charge on any atom is 0.252 e. The standard InChI is InChI=1S/C21H25N7O/c1-14-6-4-5-7-17(14)24-20-25-18(12-19(29)26-20)16-13-22-21(23-15(16)2)28-10-8-27(3)9-11-28/h4-7,12-13H,8-11H2,1-3H3,(H2,24,25,26,29). The number of rotatable bonds is 4. The summed E-state index contributed by atoms with van der Waals surface area (Å²) in [5.41, 5.74) is 3.83. The highest BCUT2D eigenvalue weighted by Gasteiger charge is 2.18. The van der Waals surface area contributed by atoms with E-state index in [2.05, 4.69) is 42.1 Å². The topological polar surface area (TPSA) is 90.0 Å². The van der Waals surface area contributed by atoms with Gasteiger partial charge in [-0.05, 0) is 32.5 Å². The van der Waals surface area contributed by atoms with Gasteiger partial charge in [0.05, 0.1) is 11.4 Å². The Kier molecular flexibility index (Phi) is 5.26. The van der Waals surface area contributed by atoms with Crippen LogP contribution in [0.3, 0.4) is 0 Å². The van der Waals surface area contributed by atoms with Crippen molar-refractivity contribution in [2.24, 2.45) is 0 Å². The van der Waals surface area contributed by atoms with E-state index in [-0.39, 0.29) is 5.56 Å². The number of H-pyrrole nitrogens is 1.